The third-order valence-corrected chi connectivity index (χ3v) is 7.13. The summed E-state index contributed by atoms with van der Waals surface area (Å²) < 4.78 is 1.90. The second kappa shape index (κ2) is 8.04. The van der Waals surface area contributed by atoms with Crippen LogP contribution in [0.1, 0.15) is 55.7 Å². The molecule has 3 aromatic rings. The molecule has 3 heterocycles. The molecule has 1 N–H and O–H groups in total. The van der Waals surface area contributed by atoms with Gasteiger partial charge in [0.2, 0.25) is 5.91 Å². The van der Waals surface area contributed by atoms with Gasteiger partial charge in [-0.2, -0.15) is 0 Å². The molecule has 0 unspecified atom stereocenters. The largest absolute Gasteiger partial charge is 0.351 e. The number of benzene rings is 1. The van der Waals surface area contributed by atoms with Crippen LogP contribution >= 0.6 is 0 Å². The minimum absolute atomic E-state index is 0.100. The van der Waals surface area contributed by atoms with Gasteiger partial charge in [-0.25, -0.2) is 4.98 Å². The third kappa shape index (κ3) is 3.45. The van der Waals surface area contributed by atoms with Gasteiger partial charge in [0.15, 0.2) is 5.82 Å². The monoisotopic (exact) mass is 431 g/mol. The Hall–Kier alpha value is -3.22. The maximum absolute atomic E-state index is 13.8. The number of pyridine rings is 1. The number of hydrogen-bond acceptors (Lipinski definition) is 4. The zero-order valence-corrected chi connectivity index (χ0v) is 18.6. The Kier molecular flexibility index (Phi) is 5.19. The molecule has 1 saturated carbocycles. The van der Waals surface area contributed by atoms with E-state index >= 15 is 0 Å². The van der Waals surface area contributed by atoms with Crippen LogP contribution in [0.3, 0.4) is 0 Å². The minimum atomic E-state index is -1.04. The molecule has 1 aliphatic heterocycles. The number of carbonyl (C=O) groups excluding carboxylic acids is 2. The van der Waals surface area contributed by atoms with E-state index in [1.165, 1.54) is 6.42 Å². The Morgan fingerprint density at radius 1 is 1.19 bits per heavy atom. The summed E-state index contributed by atoms with van der Waals surface area (Å²) in [4.78, 5) is 38.0. The molecule has 2 amide bonds. The van der Waals surface area contributed by atoms with Crippen LogP contribution in [-0.2, 0) is 17.9 Å². The predicted molar refractivity (Wildman–Crippen MR) is 122 cm³/mol. The lowest BCUT2D eigenvalue weighted by Gasteiger charge is -2.44. The highest BCUT2D eigenvalue weighted by molar-refractivity contribution is 6.01. The summed E-state index contributed by atoms with van der Waals surface area (Å²) in [5.74, 6) is 0.487. The second-order valence-corrected chi connectivity index (χ2v) is 9.38. The highest BCUT2D eigenvalue weighted by atomic mass is 16.2. The number of fused-ring (bicyclic) bond motifs is 3. The molecule has 1 aliphatic carbocycles. The van der Waals surface area contributed by atoms with Crippen LogP contribution < -0.4 is 5.32 Å². The van der Waals surface area contributed by atoms with Gasteiger partial charge in [-0.05, 0) is 49.4 Å². The average Bonchev–Trinajstić information content (AvgIpc) is 3.17. The Morgan fingerprint density at radius 2 is 2.00 bits per heavy atom. The number of imidazole rings is 1. The van der Waals surface area contributed by atoms with Gasteiger partial charge in [0, 0.05) is 25.0 Å². The van der Waals surface area contributed by atoms with Crippen molar-refractivity contribution < 1.29 is 9.59 Å². The Labute approximate surface area is 187 Å². The van der Waals surface area contributed by atoms with Crippen molar-refractivity contribution in [3.8, 4) is 0 Å². The van der Waals surface area contributed by atoms with E-state index in [0.717, 1.165) is 35.9 Å². The van der Waals surface area contributed by atoms with E-state index < -0.39 is 5.54 Å². The first-order valence-corrected chi connectivity index (χ1v) is 11.4. The fourth-order valence-corrected chi connectivity index (χ4v) is 5.11. The molecule has 0 spiro atoms. The number of para-hydroxylation sites is 2. The van der Waals surface area contributed by atoms with Gasteiger partial charge in [0.05, 0.1) is 17.6 Å². The Balaban J connectivity index is 1.55. The van der Waals surface area contributed by atoms with Crippen molar-refractivity contribution in [3.63, 3.8) is 0 Å². The molecule has 5 rings (SSSR count). The maximum Gasteiger partial charge on any atom is 0.291 e. The quantitative estimate of drug-likeness (QED) is 0.685. The summed E-state index contributed by atoms with van der Waals surface area (Å²) in [6, 6.07) is 11.6. The van der Waals surface area contributed by atoms with E-state index in [2.05, 4.69) is 22.2 Å². The molecule has 1 aromatic carbocycles. The molecule has 166 valence electrons. The van der Waals surface area contributed by atoms with Gasteiger partial charge in [-0.15, -0.1) is 0 Å². The van der Waals surface area contributed by atoms with Gasteiger partial charge in [0.25, 0.3) is 5.91 Å². The molecule has 0 saturated heterocycles. The fraction of sp³-hybridized carbons (Fsp3) is 0.440. The van der Waals surface area contributed by atoms with E-state index in [0.29, 0.717) is 24.8 Å². The molecule has 3 atom stereocenters. The zero-order chi connectivity index (χ0) is 22.3. The normalized spacial score (nSPS) is 25.6. The van der Waals surface area contributed by atoms with Crippen LogP contribution in [-0.4, -0.2) is 42.8 Å². The zero-order valence-electron chi connectivity index (χ0n) is 18.6. The average molecular weight is 432 g/mol. The summed E-state index contributed by atoms with van der Waals surface area (Å²) >= 11 is 0. The Bertz CT molecular complexity index is 1160. The molecular weight excluding hydrogens is 402 g/mol. The van der Waals surface area contributed by atoms with E-state index in [1.54, 1.807) is 17.3 Å². The van der Waals surface area contributed by atoms with Crippen LogP contribution in [0.5, 0.6) is 0 Å². The molecule has 2 aromatic heterocycles. The molecule has 0 radical (unpaired) electrons. The molecule has 7 heteroatoms. The van der Waals surface area contributed by atoms with Crippen LogP contribution in [0.15, 0.2) is 48.8 Å². The number of nitrogens with one attached hydrogen (secondary N) is 1. The van der Waals surface area contributed by atoms with E-state index in [9.17, 15) is 9.59 Å². The topological polar surface area (TPSA) is 80.1 Å². The summed E-state index contributed by atoms with van der Waals surface area (Å²) in [7, 11) is 0. The van der Waals surface area contributed by atoms with Gasteiger partial charge < -0.3 is 14.8 Å². The highest BCUT2D eigenvalue weighted by Gasteiger charge is 2.49. The third-order valence-electron chi connectivity index (χ3n) is 7.13. The highest BCUT2D eigenvalue weighted by Crippen LogP contribution is 2.33. The van der Waals surface area contributed by atoms with Crippen molar-refractivity contribution in [2.45, 2.75) is 64.2 Å². The van der Waals surface area contributed by atoms with E-state index in [-0.39, 0.29) is 17.9 Å². The van der Waals surface area contributed by atoms with E-state index in [4.69, 9.17) is 0 Å². The lowest BCUT2D eigenvalue weighted by Crippen LogP contribution is -2.65. The van der Waals surface area contributed by atoms with Crippen molar-refractivity contribution in [2.75, 3.05) is 0 Å². The number of nitrogens with zero attached hydrogens (tertiary/aromatic N) is 4. The van der Waals surface area contributed by atoms with Crippen molar-refractivity contribution in [3.05, 3.63) is 60.2 Å². The maximum atomic E-state index is 13.8. The first-order valence-electron chi connectivity index (χ1n) is 11.4. The first kappa shape index (κ1) is 20.7. The number of amides is 2. The van der Waals surface area contributed by atoms with Crippen LogP contribution in [0.25, 0.3) is 11.0 Å². The van der Waals surface area contributed by atoms with Gasteiger partial charge in [-0.3, -0.25) is 14.6 Å². The molecule has 2 aliphatic rings. The van der Waals surface area contributed by atoms with E-state index in [1.807, 2.05) is 47.9 Å². The molecule has 0 bridgehead atoms. The van der Waals surface area contributed by atoms with Gasteiger partial charge in [0.1, 0.15) is 5.54 Å². The lowest BCUT2D eigenvalue weighted by atomic mass is 9.85. The Morgan fingerprint density at radius 3 is 2.78 bits per heavy atom. The standard InChI is InChI=1S/C25H29N5O2/c1-17-8-3-4-10-19(17)28-24(32)25(2)16-29-21-12-6-5-11-20(21)27-22(29)23(31)30(25)15-18-9-7-13-26-14-18/h5-7,9,11-14,17,19H,3-4,8,10,15-16H2,1-2H3,(H,28,32)/t17-,19-,25-/m1/s1. The smallest absolute Gasteiger partial charge is 0.291 e. The summed E-state index contributed by atoms with van der Waals surface area (Å²) in [6.45, 7) is 4.75. The van der Waals surface area contributed by atoms with Gasteiger partial charge in [-0.1, -0.05) is 38.0 Å². The molecule has 32 heavy (non-hydrogen) atoms. The number of rotatable bonds is 4. The fourth-order valence-electron chi connectivity index (χ4n) is 5.11. The minimum Gasteiger partial charge on any atom is -0.351 e. The van der Waals surface area contributed by atoms with Crippen LogP contribution in [0.4, 0.5) is 0 Å². The predicted octanol–water partition coefficient (Wildman–Crippen LogP) is 3.54. The number of hydrogen-bond donors (Lipinski definition) is 1. The molecule has 1 fully saturated rings. The van der Waals surface area contributed by atoms with Crippen molar-refractivity contribution in [1.82, 2.24) is 24.8 Å². The van der Waals surface area contributed by atoms with Crippen molar-refractivity contribution in [1.29, 1.82) is 0 Å². The molecular formula is C25H29N5O2. The van der Waals surface area contributed by atoms with Crippen LogP contribution in [0.2, 0.25) is 0 Å². The summed E-state index contributed by atoms with van der Waals surface area (Å²) in [5.41, 5.74) is 1.49. The molecule has 7 nitrogen and oxygen atoms in total. The second-order valence-electron chi connectivity index (χ2n) is 9.38. The van der Waals surface area contributed by atoms with Crippen LogP contribution in [0, 0.1) is 5.92 Å². The summed E-state index contributed by atoms with van der Waals surface area (Å²) in [5, 5.41) is 3.30. The lowest BCUT2D eigenvalue weighted by molar-refractivity contribution is -0.134. The first-order chi connectivity index (χ1) is 15.5. The van der Waals surface area contributed by atoms with Crippen molar-refractivity contribution >= 4 is 22.8 Å². The van der Waals surface area contributed by atoms with Gasteiger partial charge >= 0.3 is 0 Å². The summed E-state index contributed by atoms with van der Waals surface area (Å²) in [6.07, 6.45) is 7.89. The van der Waals surface area contributed by atoms with Crippen molar-refractivity contribution in [2.24, 2.45) is 5.92 Å². The number of aromatic nitrogens is 3. The number of carbonyl (C=O) groups is 2. The SMILES string of the molecule is C[C@@H]1CCCC[C@H]1NC(=O)[C@@]1(C)Cn2c(nc3ccccc32)C(=O)N1Cc1cccnc1.